The first-order valence-electron chi connectivity index (χ1n) is 5.44. The predicted molar refractivity (Wildman–Crippen MR) is 67.6 cm³/mol. The number of nitrogens with one attached hydrogen (secondary N) is 1. The fourth-order valence-corrected chi connectivity index (χ4v) is 1.19. The van der Waals surface area contributed by atoms with Crippen molar-refractivity contribution in [2.45, 2.75) is 26.4 Å². The van der Waals surface area contributed by atoms with E-state index in [0.717, 1.165) is 11.3 Å². The van der Waals surface area contributed by atoms with E-state index in [1.165, 1.54) is 0 Å². The fourth-order valence-electron chi connectivity index (χ4n) is 1.19. The lowest BCUT2D eigenvalue weighted by atomic mass is 10.2. The van der Waals surface area contributed by atoms with Crippen molar-refractivity contribution < 1.29 is 4.74 Å². The second-order valence-corrected chi connectivity index (χ2v) is 4.57. The zero-order chi connectivity index (χ0) is 12.0. The molecular weight excluding hydrogens is 198 g/mol. The Morgan fingerprint density at radius 3 is 2.31 bits per heavy atom. The molecule has 1 aromatic rings. The maximum atomic E-state index is 5.72. The molecule has 0 fully saturated rings. The summed E-state index contributed by atoms with van der Waals surface area (Å²) in [6.45, 7) is 6.81. The monoisotopic (exact) mass is 217 g/mol. The van der Waals surface area contributed by atoms with Crippen molar-refractivity contribution in [3.63, 3.8) is 0 Å². The zero-order valence-electron chi connectivity index (χ0n) is 10.4. The van der Waals surface area contributed by atoms with E-state index in [-0.39, 0.29) is 5.60 Å². The summed E-state index contributed by atoms with van der Waals surface area (Å²) in [6, 6.07) is 7.86. The van der Waals surface area contributed by atoms with Gasteiger partial charge < -0.3 is 10.1 Å². The van der Waals surface area contributed by atoms with Crippen LogP contribution in [0.15, 0.2) is 24.3 Å². The summed E-state index contributed by atoms with van der Waals surface area (Å²) >= 11 is 0. The molecule has 0 aromatic heterocycles. The van der Waals surface area contributed by atoms with Gasteiger partial charge in [0.15, 0.2) is 0 Å². The van der Waals surface area contributed by atoms with Gasteiger partial charge in [-0.25, -0.2) is 0 Å². The van der Waals surface area contributed by atoms with Crippen molar-refractivity contribution in [3.8, 4) is 17.6 Å². The van der Waals surface area contributed by atoms with E-state index in [1.807, 2.05) is 52.1 Å². The molecule has 86 valence electrons. The van der Waals surface area contributed by atoms with Gasteiger partial charge in [-0.15, -0.1) is 0 Å². The highest BCUT2D eigenvalue weighted by molar-refractivity contribution is 5.38. The highest BCUT2D eigenvalue weighted by Crippen LogP contribution is 2.17. The van der Waals surface area contributed by atoms with E-state index in [1.54, 1.807) is 0 Å². The lowest BCUT2D eigenvalue weighted by molar-refractivity contribution is 0.131. The molecule has 1 rings (SSSR count). The maximum Gasteiger partial charge on any atom is 0.120 e. The normalized spacial score (nSPS) is 10.5. The topological polar surface area (TPSA) is 21.3 Å². The first-order valence-corrected chi connectivity index (χ1v) is 5.44. The average Bonchev–Trinajstić information content (AvgIpc) is 2.19. The number of hydrogen-bond donors (Lipinski definition) is 1. The Morgan fingerprint density at radius 2 is 1.81 bits per heavy atom. The van der Waals surface area contributed by atoms with Gasteiger partial charge in [-0.05, 0) is 52.1 Å². The van der Waals surface area contributed by atoms with Crippen molar-refractivity contribution in [2.75, 3.05) is 13.6 Å². The van der Waals surface area contributed by atoms with Gasteiger partial charge in [0.25, 0.3) is 0 Å². The Morgan fingerprint density at radius 1 is 1.19 bits per heavy atom. The third kappa shape index (κ3) is 4.86. The SMILES string of the molecule is CNCC#Cc1ccc(OC(C)(C)C)cc1. The molecule has 0 aliphatic rings. The van der Waals surface area contributed by atoms with Gasteiger partial charge in [0.05, 0.1) is 6.54 Å². The summed E-state index contributed by atoms with van der Waals surface area (Å²) in [4.78, 5) is 0. The van der Waals surface area contributed by atoms with E-state index in [2.05, 4.69) is 17.2 Å². The largest absolute Gasteiger partial charge is 0.488 e. The molecule has 0 radical (unpaired) electrons. The van der Waals surface area contributed by atoms with E-state index >= 15 is 0 Å². The second kappa shape index (κ2) is 5.58. The molecule has 0 spiro atoms. The quantitative estimate of drug-likeness (QED) is 0.768. The van der Waals surface area contributed by atoms with Gasteiger partial charge >= 0.3 is 0 Å². The van der Waals surface area contributed by atoms with E-state index < -0.39 is 0 Å². The molecule has 1 aromatic carbocycles. The molecule has 0 unspecified atom stereocenters. The van der Waals surface area contributed by atoms with Crippen LogP contribution in [0.2, 0.25) is 0 Å². The molecule has 0 aliphatic carbocycles. The average molecular weight is 217 g/mol. The van der Waals surface area contributed by atoms with Crippen LogP contribution in [0.3, 0.4) is 0 Å². The van der Waals surface area contributed by atoms with Gasteiger partial charge in [-0.1, -0.05) is 11.8 Å². The molecule has 0 aliphatic heterocycles. The van der Waals surface area contributed by atoms with Crippen LogP contribution in [0.1, 0.15) is 26.3 Å². The van der Waals surface area contributed by atoms with Crippen LogP contribution in [0.4, 0.5) is 0 Å². The lowest BCUT2D eigenvalue weighted by Gasteiger charge is -2.21. The van der Waals surface area contributed by atoms with Crippen molar-refractivity contribution in [1.82, 2.24) is 5.32 Å². The molecule has 0 bridgehead atoms. The van der Waals surface area contributed by atoms with E-state index in [4.69, 9.17) is 4.74 Å². The zero-order valence-corrected chi connectivity index (χ0v) is 10.4. The molecule has 16 heavy (non-hydrogen) atoms. The van der Waals surface area contributed by atoms with Crippen molar-refractivity contribution in [3.05, 3.63) is 29.8 Å². The summed E-state index contributed by atoms with van der Waals surface area (Å²) in [6.07, 6.45) is 0. The minimum Gasteiger partial charge on any atom is -0.488 e. The number of ether oxygens (including phenoxy) is 1. The number of benzene rings is 1. The summed E-state index contributed by atoms with van der Waals surface area (Å²) in [5.74, 6) is 6.97. The first-order chi connectivity index (χ1) is 7.51. The van der Waals surface area contributed by atoms with Crippen LogP contribution in [0.5, 0.6) is 5.75 Å². The van der Waals surface area contributed by atoms with Crippen LogP contribution in [-0.4, -0.2) is 19.2 Å². The van der Waals surface area contributed by atoms with Crippen LogP contribution in [-0.2, 0) is 0 Å². The van der Waals surface area contributed by atoms with Gasteiger partial charge in [0, 0.05) is 5.56 Å². The third-order valence-corrected chi connectivity index (χ3v) is 1.78. The van der Waals surface area contributed by atoms with Crippen LogP contribution >= 0.6 is 0 Å². The van der Waals surface area contributed by atoms with Crippen LogP contribution in [0.25, 0.3) is 0 Å². The summed E-state index contributed by atoms with van der Waals surface area (Å²) in [5, 5.41) is 2.98. The summed E-state index contributed by atoms with van der Waals surface area (Å²) < 4.78 is 5.72. The first kappa shape index (κ1) is 12.6. The highest BCUT2D eigenvalue weighted by Gasteiger charge is 2.10. The van der Waals surface area contributed by atoms with E-state index in [0.29, 0.717) is 6.54 Å². The van der Waals surface area contributed by atoms with Gasteiger partial charge in [0.2, 0.25) is 0 Å². The minimum absolute atomic E-state index is 0.153. The standard InChI is InChI=1S/C14H19NO/c1-14(2,3)16-13-9-7-12(8-10-13)6-5-11-15-4/h7-10,15H,11H2,1-4H3. The molecule has 2 heteroatoms. The molecule has 0 atom stereocenters. The third-order valence-electron chi connectivity index (χ3n) is 1.78. The Labute approximate surface area is 98.0 Å². The van der Waals surface area contributed by atoms with Gasteiger partial charge in [0.1, 0.15) is 11.4 Å². The smallest absolute Gasteiger partial charge is 0.120 e. The van der Waals surface area contributed by atoms with Gasteiger partial charge in [-0.2, -0.15) is 0 Å². The molecule has 0 saturated carbocycles. The minimum atomic E-state index is -0.153. The predicted octanol–water partition coefficient (Wildman–Crippen LogP) is 2.43. The molecule has 1 N–H and O–H groups in total. The molecular formula is C14H19NO. The van der Waals surface area contributed by atoms with Gasteiger partial charge in [-0.3, -0.25) is 0 Å². The van der Waals surface area contributed by atoms with Crippen LogP contribution in [0, 0.1) is 11.8 Å². The van der Waals surface area contributed by atoms with Crippen molar-refractivity contribution in [1.29, 1.82) is 0 Å². The lowest BCUT2D eigenvalue weighted by Crippen LogP contribution is -2.22. The Bertz CT molecular complexity index is 376. The highest BCUT2D eigenvalue weighted by atomic mass is 16.5. The van der Waals surface area contributed by atoms with Crippen molar-refractivity contribution in [2.24, 2.45) is 0 Å². The Balaban J connectivity index is 2.66. The van der Waals surface area contributed by atoms with E-state index in [9.17, 15) is 0 Å². The Kier molecular flexibility index (Phi) is 4.39. The summed E-state index contributed by atoms with van der Waals surface area (Å²) in [7, 11) is 1.88. The number of rotatable bonds is 2. The molecule has 0 saturated heterocycles. The molecule has 0 amide bonds. The fraction of sp³-hybridized carbons (Fsp3) is 0.429. The maximum absolute atomic E-state index is 5.72. The van der Waals surface area contributed by atoms with Crippen LogP contribution < -0.4 is 10.1 Å². The van der Waals surface area contributed by atoms with Crippen molar-refractivity contribution >= 4 is 0 Å². The second-order valence-electron chi connectivity index (χ2n) is 4.57. The molecule has 2 nitrogen and oxygen atoms in total. The Hall–Kier alpha value is -1.46. The molecule has 0 heterocycles. The number of hydrogen-bond acceptors (Lipinski definition) is 2. The summed E-state index contributed by atoms with van der Waals surface area (Å²) in [5.41, 5.74) is 0.857.